The molecule has 10 nitrogen and oxygen atoms in total. The number of carbonyl (C=O) groups is 3. The van der Waals surface area contributed by atoms with E-state index >= 15 is 0 Å². The molecule has 0 unspecified atom stereocenters. The molecule has 1 aliphatic rings. The molecular formula is C24H31Cl2N5O5S. The minimum Gasteiger partial charge on any atom is -0.383 e. The fraction of sp³-hybridized carbons (Fsp3) is 0.500. The van der Waals surface area contributed by atoms with E-state index in [-0.39, 0.29) is 42.6 Å². The summed E-state index contributed by atoms with van der Waals surface area (Å²) in [6, 6.07) is 4.56. The van der Waals surface area contributed by atoms with Crippen molar-refractivity contribution < 1.29 is 23.9 Å². The van der Waals surface area contributed by atoms with Crippen LogP contribution in [-0.2, 0) is 25.5 Å². The summed E-state index contributed by atoms with van der Waals surface area (Å²) in [5.41, 5.74) is 0.800. The number of methoxy groups -OCH3 is 1. The van der Waals surface area contributed by atoms with Gasteiger partial charge in [-0.2, -0.15) is 0 Å². The summed E-state index contributed by atoms with van der Waals surface area (Å²) in [5.74, 6) is -0.969. The Morgan fingerprint density at radius 2 is 2.00 bits per heavy atom. The zero-order chi connectivity index (χ0) is 26.6. The Kier molecular flexibility index (Phi) is 12.0. The molecule has 13 heteroatoms. The zero-order valence-corrected chi connectivity index (χ0v) is 23.0. The lowest BCUT2D eigenvalue weighted by molar-refractivity contribution is -0.120. The molecule has 0 atom stereocenters. The number of carbonyl (C=O) groups excluding carboxylic acids is 3. The zero-order valence-electron chi connectivity index (χ0n) is 20.6. The summed E-state index contributed by atoms with van der Waals surface area (Å²) >= 11 is 13.3. The maximum Gasteiger partial charge on any atom is 0.255 e. The standard InChI is InChI=1S/C24H31Cl2N5O5S/c1-35-10-9-31(23(34)19-4-3-17(25)13-20(19)26)15-22(33)29-24-28-18(16-37-24)14-21(32)27-5-2-6-30-7-11-36-12-8-30/h3-4,13,16H,2,5-12,14-15H2,1H3,(H,27,32)(H,28,29,33). The highest BCUT2D eigenvalue weighted by Crippen LogP contribution is 2.22. The number of thiazole rings is 1. The van der Waals surface area contributed by atoms with Gasteiger partial charge in [-0.25, -0.2) is 4.98 Å². The van der Waals surface area contributed by atoms with Crippen LogP contribution in [0.15, 0.2) is 23.6 Å². The Morgan fingerprint density at radius 1 is 1.22 bits per heavy atom. The van der Waals surface area contributed by atoms with Gasteiger partial charge in [0.1, 0.15) is 6.54 Å². The lowest BCUT2D eigenvalue weighted by Gasteiger charge is -2.26. The maximum absolute atomic E-state index is 13.0. The summed E-state index contributed by atoms with van der Waals surface area (Å²) < 4.78 is 10.4. The van der Waals surface area contributed by atoms with E-state index in [1.54, 1.807) is 11.4 Å². The Balaban J connectivity index is 1.46. The van der Waals surface area contributed by atoms with Gasteiger partial charge in [-0.15, -0.1) is 11.3 Å². The molecular weight excluding hydrogens is 541 g/mol. The minimum atomic E-state index is -0.428. The molecule has 37 heavy (non-hydrogen) atoms. The van der Waals surface area contributed by atoms with Gasteiger partial charge in [0.05, 0.1) is 42.5 Å². The molecule has 0 spiro atoms. The molecule has 0 bridgehead atoms. The minimum absolute atomic E-state index is 0.122. The molecule has 1 saturated heterocycles. The number of ether oxygens (including phenoxy) is 2. The van der Waals surface area contributed by atoms with Gasteiger partial charge in [-0.05, 0) is 31.2 Å². The fourth-order valence-electron chi connectivity index (χ4n) is 3.65. The van der Waals surface area contributed by atoms with Gasteiger partial charge in [0, 0.05) is 43.7 Å². The van der Waals surface area contributed by atoms with Crippen LogP contribution in [0.2, 0.25) is 10.0 Å². The number of anilines is 1. The molecule has 2 aromatic rings. The van der Waals surface area contributed by atoms with Gasteiger partial charge in [-0.3, -0.25) is 19.3 Å². The topological polar surface area (TPSA) is 113 Å². The van der Waals surface area contributed by atoms with Crippen LogP contribution in [-0.4, -0.2) is 98.7 Å². The largest absolute Gasteiger partial charge is 0.383 e. The molecule has 0 radical (unpaired) electrons. The maximum atomic E-state index is 13.0. The smallest absolute Gasteiger partial charge is 0.255 e. The Morgan fingerprint density at radius 3 is 2.73 bits per heavy atom. The lowest BCUT2D eigenvalue weighted by atomic mass is 10.2. The van der Waals surface area contributed by atoms with E-state index in [0.717, 1.165) is 39.3 Å². The third kappa shape index (κ3) is 9.84. The van der Waals surface area contributed by atoms with E-state index in [4.69, 9.17) is 32.7 Å². The number of amides is 3. The van der Waals surface area contributed by atoms with Gasteiger partial charge >= 0.3 is 0 Å². The number of nitrogens with zero attached hydrogens (tertiary/aromatic N) is 3. The third-order valence-electron chi connectivity index (χ3n) is 5.57. The van der Waals surface area contributed by atoms with Crippen molar-refractivity contribution in [3.8, 4) is 0 Å². The summed E-state index contributed by atoms with van der Waals surface area (Å²) in [6.45, 7) is 5.09. The van der Waals surface area contributed by atoms with Crippen molar-refractivity contribution in [2.75, 3.05) is 71.5 Å². The van der Waals surface area contributed by atoms with Crippen molar-refractivity contribution in [3.63, 3.8) is 0 Å². The number of hydrogen-bond acceptors (Lipinski definition) is 8. The van der Waals surface area contributed by atoms with Crippen LogP contribution >= 0.6 is 34.5 Å². The molecule has 0 saturated carbocycles. The van der Waals surface area contributed by atoms with Gasteiger partial charge in [0.2, 0.25) is 11.8 Å². The van der Waals surface area contributed by atoms with E-state index in [1.807, 2.05) is 0 Å². The Bertz CT molecular complexity index is 1060. The molecule has 1 aromatic heterocycles. The fourth-order valence-corrected chi connectivity index (χ4v) is 4.86. The molecule has 3 rings (SSSR count). The second-order valence-corrected chi connectivity index (χ2v) is 10.1. The number of rotatable bonds is 13. The number of benzene rings is 1. The summed E-state index contributed by atoms with van der Waals surface area (Å²) in [6.07, 6.45) is 0.987. The van der Waals surface area contributed by atoms with Crippen molar-refractivity contribution in [2.24, 2.45) is 0 Å². The number of morpholine rings is 1. The van der Waals surface area contributed by atoms with Crippen molar-refractivity contribution >= 4 is 57.4 Å². The molecule has 1 fully saturated rings. The molecule has 2 N–H and O–H groups in total. The number of hydrogen-bond donors (Lipinski definition) is 2. The predicted molar refractivity (Wildman–Crippen MR) is 144 cm³/mol. The lowest BCUT2D eigenvalue weighted by Crippen LogP contribution is -2.40. The van der Waals surface area contributed by atoms with Crippen LogP contribution < -0.4 is 10.6 Å². The van der Waals surface area contributed by atoms with E-state index in [0.29, 0.717) is 22.4 Å². The van der Waals surface area contributed by atoms with Crippen LogP contribution in [0.25, 0.3) is 0 Å². The average molecular weight is 573 g/mol. The first-order valence-corrected chi connectivity index (χ1v) is 13.5. The van der Waals surface area contributed by atoms with Crippen molar-refractivity contribution in [1.82, 2.24) is 20.1 Å². The Labute approximate surface area is 230 Å². The molecule has 1 aromatic carbocycles. The summed E-state index contributed by atoms with van der Waals surface area (Å²) in [7, 11) is 1.51. The normalized spacial score (nSPS) is 13.8. The van der Waals surface area contributed by atoms with Gasteiger partial charge in [0.15, 0.2) is 5.13 Å². The van der Waals surface area contributed by atoms with Crippen LogP contribution in [0, 0.1) is 0 Å². The SMILES string of the molecule is COCCN(CC(=O)Nc1nc(CC(=O)NCCCN2CCOCC2)cs1)C(=O)c1ccc(Cl)cc1Cl. The Hall–Kier alpha value is -2.28. The van der Waals surface area contributed by atoms with E-state index in [2.05, 4.69) is 20.5 Å². The highest BCUT2D eigenvalue weighted by atomic mass is 35.5. The van der Waals surface area contributed by atoms with Crippen LogP contribution in [0.5, 0.6) is 0 Å². The predicted octanol–water partition coefficient (Wildman–Crippen LogP) is 2.56. The van der Waals surface area contributed by atoms with E-state index in [9.17, 15) is 14.4 Å². The number of aromatic nitrogens is 1. The van der Waals surface area contributed by atoms with Gasteiger partial charge < -0.3 is 25.0 Å². The average Bonchev–Trinajstić information content (AvgIpc) is 3.31. The second kappa shape index (κ2) is 15.2. The van der Waals surface area contributed by atoms with Crippen molar-refractivity contribution in [2.45, 2.75) is 12.8 Å². The summed E-state index contributed by atoms with van der Waals surface area (Å²) in [5, 5.41) is 8.28. The van der Waals surface area contributed by atoms with Gasteiger partial charge in [0.25, 0.3) is 5.91 Å². The van der Waals surface area contributed by atoms with E-state index < -0.39 is 11.8 Å². The highest BCUT2D eigenvalue weighted by Gasteiger charge is 2.22. The molecule has 1 aliphatic heterocycles. The van der Waals surface area contributed by atoms with Crippen LogP contribution in [0.1, 0.15) is 22.5 Å². The van der Waals surface area contributed by atoms with E-state index in [1.165, 1.54) is 35.5 Å². The number of nitrogens with one attached hydrogen (secondary N) is 2. The molecule has 3 amide bonds. The van der Waals surface area contributed by atoms with Crippen LogP contribution in [0.4, 0.5) is 5.13 Å². The van der Waals surface area contributed by atoms with Crippen molar-refractivity contribution in [3.05, 3.63) is 44.9 Å². The summed E-state index contributed by atoms with van der Waals surface area (Å²) in [4.78, 5) is 45.9. The molecule has 2 heterocycles. The van der Waals surface area contributed by atoms with Gasteiger partial charge in [-0.1, -0.05) is 23.2 Å². The quantitative estimate of drug-likeness (QED) is 0.355. The molecule has 202 valence electrons. The monoisotopic (exact) mass is 571 g/mol. The second-order valence-electron chi connectivity index (χ2n) is 8.37. The first-order valence-electron chi connectivity index (χ1n) is 11.9. The first-order chi connectivity index (χ1) is 17.9. The highest BCUT2D eigenvalue weighted by molar-refractivity contribution is 7.13. The van der Waals surface area contributed by atoms with Crippen LogP contribution in [0.3, 0.4) is 0 Å². The van der Waals surface area contributed by atoms with Crippen molar-refractivity contribution in [1.29, 1.82) is 0 Å². The first kappa shape index (κ1) is 29.3. The molecule has 0 aliphatic carbocycles. The number of halogens is 2. The third-order valence-corrected chi connectivity index (χ3v) is 6.92.